The Morgan fingerprint density at radius 3 is 2.33 bits per heavy atom. The second-order valence-electron chi connectivity index (χ2n) is 4.89. The van der Waals surface area contributed by atoms with Gasteiger partial charge in [0.15, 0.2) is 17.8 Å². The number of ether oxygens (including phenoxy) is 1. The van der Waals surface area contributed by atoms with Crippen molar-refractivity contribution in [2.24, 2.45) is 0 Å². The van der Waals surface area contributed by atoms with Gasteiger partial charge in [0.2, 0.25) is 0 Å². The number of aldehydes is 1. The van der Waals surface area contributed by atoms with Crippen LogP contribution in [0.1, 0.15) is 5.56 Å². The summed E-state index contributed by atoms with van der Waals surface area (Å²) in [6.45, 7) is -0.687. The third-order valence-electron chi connectivity index (χ3n) is 3.04. The molecule has 0 aliphatic rings. The minimum Gasteiger partial charge on any atom is -0.504 e. The standard InChI is InChI=1S/C15H18O9/c16-6-11(19)14(22)15(23)12(20)7-24-13(21)4-2-8-1-3-9(17)10(18)5-8/h1-6,11-12,14-15,17-20,22-23H,7H2/b4-2+/t11-,12+,14+,15+/m0/s1. The Morgan fingerprint density at radius 2 is 1.75 bits per heavy atom. The Labute approximate surface area is 136 Å². The first-order valence-corrected chi connectivity index (χ1v) is 6.80. The molecule has 9 nitrogen and oxygen atoms in total. The Balaban J connectivity index is 2.51. The summed E-state index contributed by atoms with van der Waals surface area (Å²) in [5.41, 5.74) is 0.396. The van der Waals surface area contributed by atoms with Gasteiger partial charge in [0.25, 0.3) is 0 Å². The lowest BCUT2D eigenvalue weighted by Gasteiger charge is -2.23. The lowest BCUT2D eigenvalue weighted by atomic mass is 10.0. The number of carbonyl (C=O) groups is 2. The van der Waals surface area contributed by atoms with Gasteiger partial charge in [-0.15, -0.1) is 0 Å². The molecule has 6 N–H and O–H groups in total. The molecule has 132 valence electrons. The summed E-state index contributed by atoms with van der Waals surface area (Å²) in [6, 6.07) is 3.85. The van der Waals surface area contributed by atoms with Crippen LogP contribution in [0, 0.1) is 0 Å². The molecule has 0 radical (unpaired) electrons. The van der Waals surface area contributed by atoms with Crippen molar-refractivity contribution in [1.82, 2.24) is 0 Å². The van der Waals surface area contributed by atoms with Crippen molar-refractivity contribution in [2.75, 3.05) is 6.61 Å². The van der Waals surface area contributed by atoms with E-state index in [0.29, 0.717) is 5.56 Å². The predicted molar refractivity (Wildman–Crippen MR) is 79.9 cm³/mol. The van der Waals surface area contributed by atoms with Crippen LogP contribution >= 0.6 is 0 Å². The molecule has 0 amide bonds. The van der Waals surface area contributed by atoms with E-state index in [9.17, 15) is 30.0 Å². The zero-order valence-electron chi connectivity index (χ0n) is 12.4. The highest BCUT2D eigenvalue weighted by Gasteiger charge is 2.30. The molecular formula is C15H18O9. The van der Waals surface area contributed by atoms with Gasteiger partial charge in [0.05, 0.1) is 0 Å². The topological polar surface area (TPSA) is 165 Å². The van der Waals surface area contributed by atoms with E-state index in [0.717, 1.165) is 6.08 Å². The van der Waals surface area contributed by atoms with Crippen molar-refractivity contribution in [3.63, 3.8) is 0 Å². The highest BCUT2D eigenvalue weighted by molar-refractivity contribution is 5.87. The minimum atomic E-state index is -1.92. The van der Waals surface area contributed by atoms with Crippen LogP contribution in [0.25, 0.3) is 6.08 Å². The number of aromatic hydroxyl groups is 2. The number of hydrogen-bond donors (Lipinski definition) is 6. The molecule has 0 spiro atoms. The van der Waals surface area contributed by atoms with Crippen molar-refractivity contribution in [1.29, 1.82) is 0 Å². The van der Waals surface area contributed by atoms with Crippen LogP contribution in [-0.2, 0) is 14.3 Å². The number of phenols is 2. The van der Waals surface area contributed by atoms with Crippen molar-refractivity contribution < 1.29 is 45.0 Å². The van der Waals surface area contributed by atoms with E-state index in [1.54, 1.807) is 0 Å². The summed E-state index contributed by atoms with van der Waals surface area (Å²) in [6.07, 6.45) is -5.18. The van der Waals surface area contributed by atoms with Gasteiger partial charge in [-0.05, 0) is 23.8 Å². The molecule has 0 fully saturated rings. The monoisotopic (exact) mass is 342 g/mol. The molecule has 0 aliphatic carbocycles. The molecule has 0 unspecified atom stereocenters. The molecule has 0 saturated carbocycles. The molecule has 0 aromatic heterocycles. The molecule has 4 atom stereocenters. The quantitative estimate of drug-likeness (QED) is 0.140. The lowest BCUT2D eigenvalue weighted by Crippen LogP contribution is -2.46. The van der Waals surface area contributed by atoms with Crippen LogP contribution in [0.15, 0.2) is 24.3 Å². The average molecular weight is 342 g/mol. The zero-order chi connectivity index (χ0) is 18.3. The summed E-state index contributed by atoms with van der Waals surface area (Å²) >= 11 is 0. The minimum absolute atomic E-state index is 0.0115. The van der Waals surface area contributed by atoms with Crippen LogP contribution in [0.3, 0.4) is 0 Å². The van der Waals surface area contributed by atoms with E-state index in [1.807, 2.05) is 0 Å². The second-order valence-corrected chi connectivity index (χ2v) is 4.89. The smallest absolute Gasteiger partial charge is 0.330 e. The number of rotatable bonds is 8. The van der Waals surface area contributed by atoms with Crippen LogP contribution < -0.4 is 0 Å². The molecule has 0 heterocycles. The number of aliphatic hydroxyl groups excluding tert-OH is 4. The van der Waals surface area contributed by atoms with Gasteiger partial charge < -0.3 is 40.2 Å². The second kappa shape index (κ2) is 8.99. The molecule has 9 heteroatoms. The number of carbonyl (C=O) groups excluding carboxylic acids is 2. The average Bonchev–Trinajstić information content (AvgIpc) is 2.58. The fraction of sp³-hybridized carbons (Fsp3) is 0.333. The highest BCUT2D eigenvalue weighted by Crippen LogP contribution is 2.25. The van der Waals surface area contributed by atoms with E-state index in [-0.39, 0.29) is 17.8 Å². The summed E-state index contributed by atoms with van der Waals surface area (Å²) < 4.78 is 4.64. The predicted octanol–water partition coefficient (Wildman–Crippen LogP) is -1.70. The molecule has 0 bridgehead atoms. The third-order valence-corrected chi connectivity index (χ3v) is 3.04. The van der Waals surface area contributed by atoms with Gasteiger partial charge in [-0.3, -0.25) is 0 Å². The molecule has 1 aromatic carbocycles. The summed E-state index contributed by atoms with van der Waals surface area (Å²) in [5.74, 6) is -1.58. The van der Waals surface area contributed by atoms with Crippen LogP contribution in [-0.4, -0.2) is 73.9 Å². The highest BCUT2D eigenvalue weighted by atomic mass is 16.5. The summed E-state index contributed by atoms with van der Waals surface area (Å²) in [4.78, 5) is 21.7. The van der Waals surface area contributed by atoms with Crippen molar-refractivity contribution >= 4 is 18.3 Å². The van der Waals surface area contributed by atoms with Gasteiger partial charge in [-0.2, -0.15) is 0 Å². The molecule has 0 aliphatic heterocycles. The van der Waals surface area contributed by atoms with Crippen LogP contribution in [0.2, 0.25) is 0 Å². The van der Waals surface area contributed by atoms with Crippen molar-refractivity contribution in [3.05, 3.63) is 29.8 Å². The van der Waals surface area contributed by atoms with Gasteiger partial charge in [-0.25, -0.2) is 4.79 Å². The first-order valence-electron chi connectivity index (χ1n) is 6.80. The fourth-order valence-corrected chi connectivity index (χ4v) is 1.63. The number of aliphatic hydroxyl groups is 4. The number of benzene rings is 1. The molecular weight excluding hydrogens is 324 g/mol. The third kappa shape index (κ3) is 5.63. The maximum absolute atomic E-state index is 11.5. The first kappa shape index (κ1) is 19.6. The lowest BCUT2D eigenvalue weighted by molar-refractivity contribution is -0.151. The Bertz CT molecular complexity index is 599. The van der Waals surface area contributed by atoms with Crippen molar-refractivity contribution in [3.8, 4) is 11.5 Å². The van der Waals surface area contributed by atoms with Gasteiger partial charge >= 0.3 is 5.97 Å². The van der Waals surface area contributed by atoms with Crippen LogP contribution in [0.4, 0.5) is 0 Å². The van der Waals surface area contributed by atoms with E-state index in [1.165, 1.54) is 24.3 Å². The molecule has 0 saturated heterocycles. The van der Waals surface area contributed by atoms with E-state index < -0.39 is 37.0 Å². The van der Waals surface area contributed by atoms with Gasteiger partial charge in [0.1, 0.15) is 31.0 Å². The van der Waals surface area contributed by atoms with E-state index >= 15 is 0 Å². The number of esters is 1. The SMILES string of the molecule is O=C[C@H](O)[C@@H](O)[C@H](O)[C@H](O)COC(=O)/C=C/c1ccc(O)c(O)c1. The van der Waals surface area contributed by atoms with E-state index in [2.05, 4.69) is 4.74 Å². The van der Waals surface area contributed by atoms with Gasteiger partial charge in [0, 0.05) is 6.08 Å². The Hall–Kier alpha value is -2.46. The maximum atomic E-state index is 11.5. The molecule has 1 aromatic rings. The van der Waals surface area contributed by atoms with Gasteiger partial charge in [-0.1, -0.05) is 6.07 Å². The summed E-state index contributed by atoms with van der Waals surface area (Å²) in [5, 5.41) is 55.8. The number of hydrogen-bond acceptors (Lipinski definition) is 9. The zero-order valence-corrected chi connectivity index (χ0v) is 12.4. The molecule has 24 heavy (non-hydrogen) atoms. The van der Waals surface area contributed by atoms with Crippen LogP contribution in [0.5, 0.6) is 11.5 Å². The van der Waals surface area contributed by atoms with Crippen molar-refractivity contribution in [2.45, 2.75) is 24.4 Å². The summed E-state index contributed by atoms with van der Waals surface area (Å²) in [7, 11) is 0. The Kier molecular flexibility index (Phi) is 7.33. The maximum Gasteiger partial charge on any atom is 0.330 e. The van der Waals surface area contributed by atoms with E-state index in [4.69, 9.17) is 10.2 Å². The first-order chi connectivity index (χ1) is 11.3. The Morgan fingerprint density at radius 1 is 1.08 bits per heavy atom. The largest absolute Gasteiger partial charge is 0.504 e. The fourth-order valence-electron chi connectivity index (χ4n) is 1.63. The normalized spacial score (nSPS) is 16.3. The number of phenolic OH excluding ortho intramolecular Hbond substituents is 2. The molecule has 1 rings (SSSR count).